The molecular weight excluding hydrogens is 362 g/mol. The fraction of sp³-hybridized carbons (Fsp3) is 0.208. The van der Waals surface area contributed by atoms with Crippen molar-refractivity contribution >= 4 is 17.5 Å². The lowest BCUT2D eigenvalue weighted by molar-refractivity contribution is 0.0950. The van der Waals surface area contributed by atoms with Crippen LogP contribution in [0, 0.1) is 12.8 Å². The molecule has 2 aromatic carbocycles. The molecule has 5 heteroatoms. The van der Waals surface area contributed by atoms with Gasteiger partial charge in [-0.25, -0.2) is 0 Å². The van der Waals surface area contributed by atoms with Gasteiger partial charge in [0.2, 0.25) is 0 Å². The highest BCUT2D eigenvalue weighted by Gasteiger charge is 2.16. The predicted molar refractivity (Wildman–Crippen MR) is 116 cm³/mol. The summed E-state index contributed by atoms with van der Waals surface area (Å²) in [6.45, 7) is 6.44. The van der Waals surface area contributed by atoms with E-state index in [1.54, 1.807) is 30.3 Å². The van der Waals surface area contributed by atoms with Crippen molar-refractivity contribution in [1.29, 1.82) is 0 Å². The van der Waals surface area contributed by atoms with Gasteiger partial charge in [-0.05, 0) is 37.1 Å². The lowest BCUT2D eigenvalue weighted by atomic mass is 10.1. The Morgan fingerprint density at radius 3 is 2.24 bits per heavy atom. The smallest absolute Gasteiger partial charge is 0.257 e. The first-order chi connectivity index (χ1) is 14.0. The SMILES string of the molecule is Cc1nc(-c2ccccc2)ccc1C(=O)Nc1ccccc1C(=O)NCC(C)C. The molecule has 0 saturated heterocycles. The average molecular weight is 387 g/mol. The Morgan fingerprint density at radius 2 is 1.55 bits per heavy atom. The maximum atomic E-state index is 12.8. The van der Waals surface area contributed by atoms with Gasteiger partial charge < -0.3 is 10.6 Å². The third-order valence-corrected chi connectivity index (χ3v) is 4.49. The quantitative estimate of drug-likeness (QED) is 0.644. The molecule has 0 atom stereocenters. The summed E-state index contributed by atoms with van der Waals surface area (Å²) in [7, 11) is 0. The number of anilines is 1. The molecule has 0 fully saturated rings. The molecule has 2 amide bonds. The maximum Gasteiger partial charge on any atom is 0.257 e. The Bertz CT molecular complexity index is 1010. The van der Waals surface area contributed by atoms with Gasteiger partial charge in [-0.15, -0.1) is 0 Å². The van der Waals surface area contributed by atoms with Crippen LogP contribution >= 0.6 is 0 Å². The first-order valence-corrected chi connectivity index (χ1v) is 9.67. The molecule has 1 heterocycles. The van der Waals surface area contributed by atoms with Crippen molar-refractivity contribution < 1.29 is 9.59 Å². The summed E-state index contributed by atoms with van der Waals surface area (Å²) in [4.78, 5) is 29.9. The average Bonchev–Trinajstić information content (AvgIpc) is 2.72. The molecule has 148 valence electrons. The van der Waals surface area contributed by atoms with E-state index in [1.165, 1.54) is 0 Å². The summed E-state index contributed by atoms with van der Waals surface area (Å²) >= 11 is 0. The van der Waals surface area contributed by atoms with Gasteiger partial charge >= 0.3 is 0 Å². The van der Waals surface area contributed by atoms with Crippen molar-refractivity contribution in [3.05, 3.63) is 83.6 Å². The second-order valence-electron chi connectivity index (χ2n) is 7.30. The number of hydrogen-bond acceptors (Lipinski definition) is 3. The molecule has 0 bridgehead atoms. The standard InChI is InChI=1S/C24H25N3O2/c1-16(2)15-25-23(28)20-11-7-8-12-22(20)27-24(29)19-13-14-21(26-17(19)3)18-9-5-4-6-10-18/h4-14,16H,15H2,1-3H3,(H,25,28)(H,27,29). The summed E-state index contributed by atoms with van der Waals surface area (Å²) in [6, 6.07) is 20.4. The number of aromatic nitrogens is 1. The van der Waals surface area contributed by atoms with Gasteiger partial charge in [0.05, 0.1) is 28.2 Å². The van der Waals surface area contributed by atoms with Crippen LogP contribution in [0.5, 0.6) is 0 Å². The van der Waals surface area contributed by atoms with Crippen molar-refractivity contribution in [2.24, 2.45) is 5.92 Å². The number of nitrogens with one attached hydrogen (secondary N) is 2. The summed E-state index contributed by atoms with van der Waals surface area (Å²) in [5, 5.41) is 5.74. The number of hydrogen-bond donors (Lipinski definition) is 2. The van der Waals surface area contributed by atoms with Gasteiger partial charge in [-0.3, -0.25) is 14.6 Å². The number of nitrogens with zero attached hydrogens (tertiary/aromatic N) is 1. The molecule has 5 nitrogen and oxygen atoms in total. The lowest BCUT2D eigenvalue weighted by Crippen LogP contribution is -2.28. The zero-order valence-electron chi connectivity index (χ0n) is 16.9. The first kappa shape index (κ1) is 20.3. The van der Waals surface area contributed by atoms with E-state index in [0.717, 1.165) is 11.3 Å². The first-order valence-electron chi connectivity index (χ1n) is 9.67. The second kappa shape index (κ2) is 9.15. The molecule has 0 unspecified atom stereocenters. The Kier molecular flexibility index (Phi) is 6.39. The monoisotopic (exact) mass is 387 g/mol. The third kappa shape index (κ3) is 5.08. The van der Waals surface area contributed by atoms with Crippen LogP contribution in [0.3, 0.4) is 0 Å². The zero-order valence-corrected chi connectivity index (χ0v) is 16.9. The molecule has 0 aliphatic carbocycles. The van der Waals surface area contributed by atoms with Crippen LogP contribution in [0.1, 0.15) is 40.3 Å². The number of aryl methyl sites for hydroxylation is 1. The van der Waals surface area contributed by atoms with Gasteiger partial charge in [0.25, 0.3) is 11.8 Å². The molecule has 2 N–H and O–H groups in total. The lowest BCUT2D eigenvalue weighted by Gasteiger charge is -2.13. The normalized spacial score (nSPS) is 10.6. The Hall–Kier alpha value is -3.47. The van der Waals surface area contributed by atoms with Crippen molar-refractivity contribution in [2.75, 3.05) is 11.9 Å². The van der Waals surface area contributed by atoms with Crippen molar-refractivity contribution in [1.82, 2.24) is 10.3 Å². The highest BCUT2D eigenvalue weighted by molar-refractivity contribution is 6.09. The minimum absolute atomic E-state index is 0.205. The van der Waals surface area contributed by atoms with Crippen LogP contribution in [-0.2, 0) is 0 Å². The Labute approximate surface area is 171 Å². The van der Waals surface area contributed by atoms with Gasteiger partial charge in [0.15, 0.2) is 0 Å². The topological polar surface area (TPSA) is 71.1 Å². The molecule has 0 aliphatic heterocycles. The van der Waals surface area contributed by atoms with Crippen LogP contribution in [0.15, 0.2) is 66.7 Å². The van der Waals surface area contributed by atoms with E-state index in [2.05, 4.69) is 15.6 Å². The van der Waals surface area contributed by atoms with Crippen LogP contribution in [0.2, 0.25) is 0 Å². The summed E-state index contributed by atoms with van der Waals surface area (Å²) in [5.41, 5.74) is 3.83. The number of carbonyl (C=O) groups excluding carboxylic acids is 2. The van der Waals surface area contributed by atoms with E-state index >= 15 is 0 Å². The van der Waals surface area contributed by atoms with Gasteiger partial charge in [0, 0.05) is 12.1 Å². The highest BCUT2D eigenvalue weighted by Crippen LogP contribution is 2.21. The maximum absolute atomic E-state index is 12.8. The Morgan fingerprint density at radius 1 is 0.862 bits per heavy atom. The number of carbonyl (C=O) groups is 2. The number of amides is 2. The molecule has 0 radical (unpaired) electrons. The van der Waals surface area contributed by atoms with Gasteiger partial charge in [-0.2, -0.15) is 0 Å². The predicted octanol–water partition coefficient (Wildman–Crippen LogP) is 4.70. The fourth-order valence-electron chi connectivity index (χ4n) is 2.94. The minimum atomic E-state index is -0.293. The fourth-order valence-corrected chi connectivity index (χ4v) is 2.94. The van der Waals surface area contributed by atoms with Gasteiger partial charge in [-0.1, -0.05) is 56.3 Å². The second-order valence-corrected chi connectivity index (χ2v) is 7.30. The summed E-state index contributed by atoms with van der Waals surface area (Å²) in [5.74, 6) is -0.153. The van der Waals surface area contributed by atoms with Crippen molar-refractivity contribution in [3.8, 4) is 11.3 Å². The number of benzene rings is 2. The van der Waals surface area contributed by atoms with E-state index < -0.39 is 0 Å². The van der Waals surface area contributed by atoms with Crippen LogP contribution in [0.4, 0.5) is 5.69 Å². The largest absolute Gasteiger partial charge is 0.352 e. The molecule has 3 aromatic rings. The molecule has 0 spiro atoms. The minimum Gasteiger partial charge on any atom is -0.352 e. The van der Waals surface area contributed by atoms with Crippen LogP contribution in [-0.4, -0.2) is 23.3 Å². The van der Waals surface area contributed by atoms with E-state index in [-0.39, 0.29) is 11.8 Å². The number of para-hydroxylation sites is 1. The number of rotatable bonds is 6. The van der Waals surface area contributed by atoms with E-state index in [1.807, 2.05) is 57.2 Å². The van der Waals surface area contributed by atoms with E-state index in [4.69, 9.17) is 0 Å². The summed E-state index contributed by atoms with van der Waals surface area (Å²) in [6.07, 6.45) is 0. The molecule has 0 aliphatic rings. The summed E-state index contributed by atoms with van der Waals surface area (Å²) < 4.78 is 0. The third-order valence-electron chi connectivity index (χ3n) is 4.49. The molecule has 3 rings (SSSR count). The molecule has 29 heavy (non-hydrogen) atoms. The Balaban J connectivity index is 1.80. The van der Waals surface area contributed by atoms with Crippen molar-refractivity contribution in [3.63, 3.8) is 0 Å². The van der Waals surface area contributed by atoms with E-state index in [0.29, 0.717) is 35.0 Å². The number of pyridine rings is 1. The van der Waals surface area contributed by atoms with Crippen molar-refractivity contribution in [2.45, 2.75) is 20.8 Å². The zero-order chi connectivity index (χ0) is 20.8. The molecule has 0 saturated carbocycles. The highest BCUT2D eigenvalue weighted by atomic mass is 16.2. The van der Waals surface area contributed by atoms with Gasteiger partial charge in [0.1, 0.15) is 0 Å². The van der Waals surface area contributed by atoms with E-state index in [9.17, 15) is 9.59 Å². The van der Waals surface area contributed by atoms with Crippen LogP contribution in [0.25, 0.3) is 11.3 Å². The molecule has 1 aromatic heterocycles. The van der Waals surface area contributed by atoms with Crippen LogP contribution < -0.4 is 10.6 Å². The molecular formula is C24H25N3O2.